The van der Waals surface area contributed by atoms with E-state index in [2.05, 4.69) is 22.0 Å². The van der Waals surface area contributed by atoms with Crippen molar-refractivity contribution in [2.24, 2.45) is 13.0 Å². The first-order valence-electron chi connectivity index (χ1n) is 11.1. The third kappa shape index (κ3) is 5.19. The summed E-state index contributed by atoms with van der Waals surface area (Å²) >= 11 is 5.64. The molecule has 8 heteroatoms. The van der Waals surface area contributed by atoms with Gasteiger partial charge in [-0.05, 0) is 73.6 Å². The van der Waals surface area contributed by atoms with Crippen molar-refractivity contribution in [3.63, 3.8) is 0 Å². The Bertz CT molecular complexity index is 1070. The fourth-order valence-corrected chi connectivity index (χ4v) is 4.50. The quantitative estimate of drug-likeness (QED) is 0.473. The monoisotopic (exact) mass is 453 g/mol. The Morgan fingerprint density at radius 2 is 1.81 bits per heavy atom. The highest BCUT2D eigenvalue weighted by Gasteiger charge is 2.21. The number of likely N-dealkylation sites (tertiary alicyclic amines) is 1. The van der Waals surface area contributed by atoms with E-state index in [1.807, 2.05) is 40.7 Å². The lowest BCUT2D eigenvalue weighted by molar-refractivity contribution is 0.136. The first-order valence-corrected chi connectivity index (χ1v) is 11.5. The molecule has 1 aliphatic heterocycles. The Hall–Kier alpha value is -2.71. The molecule has 1 fully saturated rings. The molecule has 0 bridgehead atoms. The second kappa shape index (κ2) is 10.3. The van der Waals surface area contributed by atoms with Crippen molar-refractivity contribution in [2.45, 2.75) is 32.4 Å². The number of hydrogen-bond acceptors (Lipinski definition) is 6. The number of methoxy groups -OCH3 is 2. The summed E-state index contributed by atoms with van der Waals surface area (Å²) in [6.07, 6.45) is 8.19. The second-order valence-electron chi connectivity index (χ2n) is 8.37. The minimum absolute atomic E-state index is 0.728. The van der Waals surface area contributed by atoms with E-state index in [0.29, 0.717) is 0 Å². The fraction of sp³-hybridized carbons (Fsp3) is 0.458. The molecule has 3 aromatic rings. The molecule has 0 spiro atoms. The van der Waals surface area contributed by atoms with E-state index in [1.54, 1.807) is 20.4 Å². The molecule has 1 saturated heterocycles. The fourth-order valence-electron chi connectivity index (χ4n) is 4.31. The average molecular weight is 454 g/mol. The summed E-state index contributed by atoms with van der Waals surface area (Å²) in [6.45, 7) is 2.85. The Morgan fingerprint density at radius 3 is 2.44 bits per heavy atom. The van der Waals surface area contributed by atoms with Crippen LogP contribution in [0.5, 0.6) is 11.5 Å². The first-order chi connectivity index (χ1) is 15.6. The van der Waals surface area contributed by atoms with Crippen LogP contribution in [0.15, 0.2) is 42.7 Å². The van der Waals surface area contributed by atoms with Gasteiger partial charge in [0, 0.05) is 44.2 Å². The van der Waals surface area contributed by atoms with Crippen LogP contribution in [-0.2, 0) is 20.1 Å². The van der Waals surface area contributed by atoms with E-state index in [4.69, 9.17) is 26.8 Å². The van der Waals surface area contributed by atoms with Gasteiger partial charge in [0.2, 0.25) is 0 Å². The number of nitrogens with zero attached hydrogens (tertiary/aromatic N) is 5. The smallest absolute Gasteiger partial charge is 0.199 e. The molecule has 1 aromatic carbocycles. The van der Waals surface area contributed by atoms with Crippen LogP contribution in [0.2, 0.25) is 0 Å². The van der Waals surface area contributed by atoms with Gasteiger partial charge in [-0.1, -0.05) is 0 Å². The lowest BCUT2D eigenvalue weighted by Crippen LogP contribution is -2.35. The van der Waals surface area contributed by atoms with Gasteiger partial charge in [0.25, 0.3) is 0 Å². The highest BCUT2D eigenvalue weighted by molar-refractivity contribution is 7.71. The number of ether oxygens (including phenoxy) is 2. The maximum atomic E-state index is 5.64. The number of aryl methyl sites for hydroxylation is 1. The molecule has 0 atom stereocenters. The summed E-state index contributed by atoms with van der Waals surface area (Å²) in [5, 5.41) is 4.77. The first kappa shape index (κ1) is 22.5. The Balaban J connectivity index is 1.32. The summed E-state index contributed by atoms with van der Waals surface area (Å²) in [6, 6.07) is 10.1. The predicted molar refractivity (Wildman–Crippen MR) is 127 cm³/mol. The van der Waals surface area contributed by atoms with Crippen LogP contribution >= 0.6 is 12.2 Å². The molecular formula is C24H31N5O2S. The van der Waals surface area contributed by atoms with Crippen molar-refractivity contribution in [1.82, 2.24) is 24.2 Å². The van der Waals surface area contributed by atoms with Crippen LogP contribution in [0.4, 0.5) is 0 Å². The standard InChI is InChI=1S/C24H31N5O2S/c1-27-23(20-5-4-10-25-16-20)26-29(24(27)32)17-28-11-8-18(9-12-28)6-7-19-13-21(30-2)15-22(14-19)31-3/h4-5,10,13-16,18H,6-9,11-12,17H2,1-3H3. The molecule has 3 heterocycles. The molecule has 0 unspecified atom stereocenters. The highest BCUT2D eigenvalue weighted by Crippen LogP contribution is 2.27. The molecule has 0 amide bonds. The minimum Gasteiger partial charge on any atom is -0.497 e. The third-order valence-corrected chi connectivity index (χ3v) is 6.74. The van der Waals surface area contributed by atoms with Crippen molar-refractivity contribution in [3.05, 3.63) is 53.1 Å². The zero-order chi connectivity index (χ0) is 22.5. The third-order valence-electron chi connectivity index (χ3n) is 6.25. The predicted octanol–water partition coefficient (Wildman–Crippen LogP) is 4.33. The molecule has 32 heavy (non-hydrogen) atoms. The summed E-state index contributed by atoms with van der Waals surface area (Å²) in [5.41, 5.74) is 2.25. The average Bonchev–Trinajstić information content (AvgIpc) is 3.12. The van der Waals surface area contributed by atoms with Crippen LogP contribution < -0.4 is 9.47 Å². The van der Waals surface area contributed by atoms with Crippen molar-refractivity contribution in [2.75, 3.05) is 27.3 Å². The van der Waals surface area contributed by atoms with E-state index >= 15 is 0 Å². The zero-order valence-electron chi connectivity index (χ0n) is 19.0. The summed E-state index contributed by atoms with van der Waals surface area (Å²) in [4.78, 5) is 6.65. The van der Waals surface area contributed by atoms with Gasteiger partial charge >= 0.3 is 0 Å². The number of piperidine rings is 1. The van der Waals surface area contributed by atoms with Gasteiger partial charge in [-0.3, -0.25) is 9.88 Å². The van der Waals surface area contributed by atoms with Crippen LogP contribution in [0, 0.1) is 10.7 Å². The SMILES string of the molecule is COc1cc(CCC2CCN(Cn3nc(-c4cccnc4)n(C)c3=S)CC2)cc(OC)c1. The van der Waals surface area contributed by atoms with Crippen LogP contribution in [0.3, 0.4) is 0 Å². The summed E-state index contributed by atoms with van der Waals surface area (Å²) in [5.74, 6) is 3.29. The van der Waals surface area contributed by atoms with Gasteiger partial charge in [0.05, 0.1) is 20.9 Å². The van der Waals surface area contributed by atoms with E-state index in [-0.39, 0.29) is 0 Å². The summed E-state index contributed by atoms with van der Waals surface area (Å²) in [7, 11) is 5.36. The Morgan fingerprint density at radius 1 is 1.09 bits per heavy atom. The van der Waals surface area contributed by atoms with Gasteiger partial charge < -0.3 is 14.0 Å². The van der Waals surface area contributed by atoms with Crippen molar-refractivity contribution >= 4 is 12.2 Å². The van der Waals surface area contributed by atoms with E-state index in [0.717, 1.165) is 59.8 Å². The lowest BCUT2D eigenvalue weighted by Gasteiger charge is -2.31. The van der Waals surface area contributed by atoms with Crippen molar-refractivity contribution in [3.8, 4) is 22.9 Å². The van der Waals surface area contributed by atoms with Gasteiger partial charge in [-0.2, -0.15) is 5.10 Å². The molecule has 0 aliphatic carbocycles. The lowest BCUT2D eigenvalue weighted by atomic mass is 9.90. The van der Waals surface area contributed by atoms with Crippen LogP contribution in [-0.4, -0.2) is 51.5 Å². The normalized spacial score (nSPS) is 15.1. The molecule has 0 N–H and O–H groups in total. The summed E-state index contributed by atoms with van der Waals surface area (Å²) < 4.78 is 15.4. The molecule has 7 nitrogen and oxygen atoms in total. The number of rotatable bonds is 8. The number of hydrogen-bond donors (Lipinski definition) is 0. The number of aromatic nitrogens is 4. The van der Waals surface area contributed by atoms with Crippen LogP contribution in [0.25, 0.3) is 11.4 Å². The molecular weight excluding hydrogens is 422 g/mol. The highest BCUT2D eigenvalue weighted by atomic mass is 32.1. The molecule has 2 aromatic heterocycles. The number of pyridine rings is 1. The van der Waals surface area contributed by atoms with E-state index < -0.39 is 0 Å². The Labute approximate surface area is 194 Å². The largest absolute Gasteiger partial charge is 0.497 e. The Kier molecular flexibility index (Phi) is 7.22. The molecule has 0 saturated carbocycles. The second-order valence-corrected chi connectivity index (χ2v) is 8.73. The van der Waals surface area contributed by atoms with Crippen LogP contribution in [0.1, 0.15) is 24.8 Å². The maximum Gasteiger partial charge on any atom is 0.199 e. The number of benzene rings is 1. The van der Waals surface area contributed by atoms with Gasteiger partial charge in [0.1, 0.15) is 11.5 Å². The van der Waals surface area contributed by atoms with Gasteiger partial charge in [-0.15, -0.1) is 0 Å². The maximum absolute atomic E-state index is 5.64. The van der Waals surface area contributed by atoms with E-state index in [9.17, 15) is 0 Å². The zero-order valence-corrected chi connectivity index (χ0v) is 19.8. The molecule has 0 radical (unpaired) electrons. The van der Waals surface area contributed by atoms with Gasteiger partial charge in [0.15, 0.2) is 10.6 Å². The molecule has 170 valence electrons. The molecule has 4 rings (SSSR count). The topological polar surface area (TPSA) is 57.3 Å². The van der Waals surface area contributed by atoms with Crippen molar-refractivity contribution < 1.29 is 9.47 Å². The molecule has 1 aliphatic rings. The minimum atomic E-state index is 0.728. The van der Waals surface area contributed by atoms with Crippen molar-refractivity contribution in [1.29, 1.82) is 0 Å². The van der Waals surface area contributed by atoms with Gasteiger partial charge in [-0.25, -0.2) is 4.68 Å². The van der Waals surface area contributed by atoms with E-state index in [1.165, 1.54) is 24.8 Å².